The molecule has 2 aliphatic heterocycles. The molecule has 3 heterocycles. The number of unbranched alkanes of at least 4 members (excludes halogenated alkanes) is 3. The Kier molecular flexibility index (Phi) is 55.6. The third-order valence-electron chi connectivity index (χ3n) is 23.8. The molecule has 0 saturated carbocycles. The van der Waals surface area contributed by atoms with Gasteiger partial charge in [0.15, 0.2) is 6.29 Å². The molecule has 0 unspecified atom stereocenters. The molecule has 1 aromatic rings. The maximum atomic E-state index is 15.2. The fraction of sp³-hybridized carbons (Fsp3) is 0.764. The summed E-state index contributed by atoms with van der Waals surface area (Å²) < 4.78 is 11.3. The lowest BCUT2D eigenvalue weighted by Gasteiger charge is -2.39. The molecule has 0 radical (unpaired) electrons. The van der Waals surface area contributed by atoms with Crippen molar-refractivity contribution in [2.45, 2.75) is 345 Å². The van der Waals surface area contributed by atoms with Crippen LogP contribution in [0.25, 0.3) is 0 Å². The molecule has 0 bridgehead atoms. The second-order valence-electron chi connectivity index (χ2n) is 36.2. The van der Waals surface area contributed by atoms with E-state index in [9.17, 15) is 82.8 Å². The summed E-state index contributed by atoms with van der Waals surface area (Å²) in [5.41, 5.74) is 25.8. The third-order valence-corrected chi connectivity index (χ3v) is 25.1. The minimum absolute atomic E-state index is 0.0191. The molecule has 16 amide bonds. The molecule has 30 N–H and O–H groups in total. The number of imidazole rings is 1. The number of aliphatic hydroxyl groups is 4. The summed E-state index contributed by atoms with van der Waals surface area (Å²) in [4.78, 5) is 238. The van der Waals surface area contributed by atoms with Crippen LogP contribution in [0.4, 0.5) is 0 Å². The standard InChI is InChI=1S/C89H158N22O22S2/c1-15-51(7)67(108-66(113)44-93)83(128)101-60(33-40-135-14)77(122)106-65(47-132-85-71(116)70(115)69(114)54(10)133-85)81(126)105-64(46-112)80(125)103-61(41-49(3)4)78(123)100-59(32-39-134-13)76(121)99-57(30-22-27-37-91)74(119)98-58(31-23-28-38-92)75(120)104-62(42-50(5)6)82(127)110-88(11)34-24-19-17-18-20-25-35-89(12,87(131)107-56(72(94)117)29-21-26-36-90)111-84(129)68(52(8)16-2)109-79(124)63(43-55-45-95-48-96-55)102-73(118)53(9)97-86(88)130/h17-18,45,48-54,56-65,67-71,85,112,114-116H,15-16,19-44,46-47,90-93H2,1-14H3,(H2,94,117)(H,95,96)(H,97,130)(H,98,119)(H,99,121)(H,100,123)(H,101,128)(H,102,118)(H,103,125)(H,104,120)(H,105,126)(H,106,122)(H,107,131)(H,108,113)(H,109,124)(H,110,127)(H,111,129)/b18-17-/t51-,52-,53-,54-,56-,57-,58-,59-,60-,61-,62-,63-,64-,65-,67-,68-,69+,70+,71-,85-,88-,89-/m0/s1. The van der Waals surface area contributed by atoms with Gasteiger partial charge in [-0.1, -0.05) is 80.4 Å². The highest BCUT2D eigenvalue weighted by Crippen LogP contribution is 2.25. The van der Waals surface area contributed by atoms with E-state index in [1.54, 1.807) is 67.9 Å². The maximum absolute atomic E-state index is 15.2. The fourth-order valence-electron chi connectivity index (χ4n) is 14.9. The van der Waals surface area contributed by atoms with E-state index in [1.807, 2.05) is 12.2 Å². The molecule has 768 valence electrons. The zero-order valence-corrected chi connectivity index (χ0v) is 82.6. The number of ether oxygens (including phenoxy) is 2. The van der Waals surface area contributed by atoms with Crippen molar-refractivity contribution < 1.29 is 107 Å². The smallest absolute Gasteiger partial charge is 0.246 e. The van der Waals surface area contributed by atoms with E-state index < -0.39 is 246 Å². The number of carbonyl (C=O) groups excluding carboxylic acids is 16. The number of aromatic nitrogens is 2. The van der Waals surface area contributed by atoms with E-state index in [0.29, 0.717) is 70.0 Å². The van der Waals surface area contributed by atoms with Crippen molar-refractivity contribution in [3.63, 3.8) is 0 Å². The Morgan fingerprint density at radius 3 is 1.49 bits per heavy atom. The van der Waals surface area contributed by atoms with Crippen molar-refractivity contribution in [3.8, 4) is 0 Å². The van der Waals surface area contributed by atoms with E-state index in [-0.39, 0.29) is 120 Å². The number of H-pyrrole nitrogens is 1. The second kappa shape index (κ2) is 62.6. The Morgan fingerprint density at radius 1 is 0.548 bits per heavy atom. The number of nitrogens with zero attached hydrogens (tertiary/aromatic N) is 1. The topological polar surface area (TPSA) is 712 Å². The quantitative estimate of drug-likeness (QED) is 0.0220. The second-order valence-corrected chi connectivity index (χ2v) is 38.2. The van der Waals surface area contributed by atoms with Crippen molar-refractivity contribution >= 4 is 118 Å². The maximum Gasteiger partial charge on any atom is 0.246 e. The van der Waals surface area contributed by atoms with Crippen LogP contribution in [0, 0.1) is 23.7 Å². The zero-order chi connectivity index (χ0) is 101. The average molecular weight is 1950 g/mol. The molecule has 135 heavy (non-hydrogen) atoms. The van der Waals surface area contributed by atoms with E-state index in [1.165, 1.54) is 63.7 Å². The van der Waals surface area contributed by atoms with E-state index >= 15 is 14.4 Å². The molecule has 3 rings (SSSR count). The predicted molar refractivity (Wildman–Crippen MR) is 509 cm³/mol. The van der Waals surface area contributed by atoms with Gasteiger partial charge >= 0.3 is 0 Å². The molecule has 22 atom stereocenters. The van der Waals surface area contributed by atoms with Crippen LogP contribution in [0.15, 0.2) is 24.7 Å². The van der Waals surface area contributed by atoms with Crippen LogP contribution in [0.3, 0.4) is 0 Å². The summed E-state index contributed by atoms with van der Waals surface area (Å²) in [6, 6.07) is -18.6. The van der Waals surface area contributed by atoms with Crippen LogP contribution < -0.4 is 108 Å². The number of primary amides is 1. The summed E-state index contributed by atoms with van der Waals surface area (Å²) in [5, 5.41) is 83.1. The van der Waals surface area contributed by atoms with Crippen molar-refractivity contribution in [3.05, 3.63) is 30.4 Å². The third kappa shape index (κ3) is 41.5. The van der Waals surface area contributed by atoms with Gasteiger partial charge in [0, 0.05) is 18.3 Å². The molecular weight excluding hydrogens is 1790 g/mol. The normalized spacial score (nSPS) is 23.5. The minimum Gasteiger partial charge on any atom is -0.394 e. The Labute approximate surface area is 801 Å². The monoisotopic (exact) mass is 1950 g/mol. The summed E-state index contributed by atoms with van der Waals surface area (Å²) >= 11 is 2.62. The van der Waals surface area contributed by atoms with Crippen molar-refractivity contribution in [1.82, 2.24) is 89.7 Å². The number of allylic oxidation sites excluding steroid dienone is 2. The number of aromatic amines is 1. The van der Waals surface area contributed by atoms with Gasteiger partial charge in [-0.25, -0.2) is 4.98 Å². The molecule has 1 fully saturated rings. The molecule has 0 spiro atoms. The van der Waals surface area contributed by atoms with Gasteiger partial charge in [-0.05, 0) is 217 Å². The molecule has 46 heteroatoms. The van der Waals surface area contributed by atoms with Gasteiger partial charge in [0.1, 0.15) is 108 Å². The Bertz CT molecular complexity index is 3960. The van der Waals surface area contributed by atoms with Crippen LogP contribution in [-0.4, -0.2) is 309 Å². The summed E-state index contributed by atoms with van der Waals surface area (Å²) in [6.07, 6.45) is 5.89. The van der Waals surface area contributed by atoms with Crippen LogP contribution in [-0.2, 0) is 92.6 Å². The summed E-state index contributed by atoms with van der Waals surface area (Å²) in [6.45, 7) is 18.0. The molecule has 0 aliphatic carbocycles. The number of rotatable bonds is 55. The molecule has 1 aromatic heterocycles. The number of hydrogen-bond donors (Lipinski definition) is 25. The van der Waals surface area contributed by atoms with Crippen LogP contribution in [0.2, 0.25) is 0 Å². The Balaban J connectivity index is 2.06. The lowest BCUT2D eigenvalue weighted by atomic mass is 9.90. The molecular formula is C89H158N22O22S2. The Hall–Kier alpha value is -9.23. The Morgan fingerprint density at radius 2 is 1.01 bits per heavy atom. The first-order chi connectivity index (χ1) is 63.9. The first-order valence-electron chi connectivity index (χ1n) is 47.1. The van der Waals surface area contributed by atoms with Gasteiger partial charge in [-0.15, -0.1) is 0 Å². The van der Waals surface area contributed by atoms with E-state index in [2.05, 4.69) is 89.7 Å². The highest BCUT2D eigenvalue weighted by Gasteiger charge is 2.46. The van der Waals surface area contributed by atoms with Gasteiger partial charge in [-0.3, -0.25) is 76.7 Å². The van der Waals surface area contributed by atoms with E-state index in [4.69, 9.17) is 38.1 Å². The molecule has 44 nitrogen and oxygen atoms in total. The van der Waals surface area contributed by atoms with Crippen LogP contribution in [0.1, 0.15) is 224 Å². The number of hydrogen-bond acceptors (Lipinski definition) is 29. The highest BCUT2D eigenvalue weighted by atomic mass is 32.2. The number of carbonyl (C=O) groups is 16. The number of amides is 16. The van der Waals surface area contributed by atoms with Crippen LogP contribution in [0.5, 0.6) is 0 Å². The number of thioether (sulfide) groups is 2. The average Bonchev–Trinajstić information content (AvgIpc) is 1.14. The first kappa shape index (κ1) is 120. The largest absolute Gasteiger partial charge is 0.394 e. The van der Waals surface area contributed by atoms with E-state index in [0.717, 1.165) is 0 Å². The lowest BCUT2D eigenvalue weighted by Crippen LogP contribution is -2.65. The first-order valence-corrected chi connectivity index (χ1v) is 49.9. The van der Waals surface area contributed by atoms with Crippen molar-refractivity contribution in [2.75, 3.05) is 63.4 Å². The van der Waals surface area contributed by atoms with Gasteiger partial charge in [-0.2, -0.15) is 23.5 Å². The van der Waals surface area contributed by atoms with Gasteiger partial charge < -0.3 is 143 Å². The molecule has 0 aromatic carbocycles. The van der Waals surface area contributed by atoms with Crippen molar-refractivity contribution in [1.29, 1.82) is 0 Å². The zero-order valence-electron chi connectivity index (χ0n) is 81.0. The lowest BCUT2D eigenvalue weighted by molar-refractivity contribution is -0.293. The molecule has 1 saturated heterocycles. The minimum atomic E-state index is -1.90. The summed E-state index contributed by atoms with van der Waals surface area (Å²) in [5.74, 6) is -14.9. The van der Waals surface area contributed by atoms with Crippen LogP contribution >= 0.6 is 23.5 Å². The van der Waals surface area contributed by atoms with Gasteiger partial charge in [0.05, 0.1) is 32.2 Å². The number of nitrogens with one attached hydrogen (secondary N) is 16. The van der Waals surface area contributed by atoms with Gasteiger partial charge in [0.2, 0.25) is 94.5 Å². The van der Waals surface area contributed by atoms with Gasteiger partial charge in [0.25, 0.3) is 0 Å². The molecule has 2 aliphatic rings. The van der Waals surface area contributed by atoms with Crippen molar-refractivity contribution in [2.24, 2.45) is 52.3 Å². The number of aliphatic hydroxyl groups excluding tert-OH is 4. The summed E-state index contributed by atoms with van der Waals surface area (Å²) in [7, 11) is 0. The number of nitrogens with two attached hydrogens (primary N) is 5. The fourth-order valence-corrected chi connectivity index (χ4v) is 15.9. The SMILES string of the molecule is CC[C@H](C)[C@H](NC(=O)CN)C(=O)N[C@@H](CCSC)C(=O)N[C@@H](CO[C@H]1O[C@@H](C)[C@@H](O)[C@@H](O)[C@@H]1O)C(=O)N[C@@H](CO)C(=O)N[C@@H](CC(C)C)C(=O)N[C@@H](CCSC)C(=O)N[C@@H](CCCCN)C(=O)N[C@@H](CCCCN)C(=O)N[C@@H](CC(C)C)C(=O)N[C@@]1(C)CCC/C=C\CCC[C@@](C)(C(=O)N[C@@H](CCCCN)C(N)=O)NC(=O)[C@H]([C@@H](C)CC)NC(=O)[C@H](Cc2cnc[nH]2)NC(=O)[C@H](C)NC1=O. The highest BCUT2D eigenvalue weighted by molar-refractivity contribution is 7.98. The predicted octanol–water partition coefficient (Wildman–Crippen LogP) is -3.71.